The molecule has 2 aromatic heterocycles. The van der Waals surface area contributed by atoms with E-state index >= 15 is 0 Å². The Morgan fingerprint density at radius 3 is 2.65 bits per heavy atom. The smallest absolute Gasteiger partial charge is 0.278 e. The number of aryl methyl sites for hydroxylation is 3. The monoisotopic (exact) mass is 372 g/mol. The first kappa shape index (κ1) is 18.2. The normalized spacial score (nSPS) is 11.0. The van der Waals surface area contributed by atoms with Gasteiger partial charge >= 0.3 is 0 Å². The molecule has 3 aromatic rings. The zero-order chi connectivity index (χ0) is 18.8. The van der Waals surface area contributed by atoms with E-state index in [1.807, 2.05) is 45.0 Å². The van der Waals surface area contributed by atoms with Gasteiger partial charge < -0.3 is 9.84 Å². The molecule has 1 N–H and O–H groups in total. The number of aromatic nitrogens is 3. The van der Waals surface area contributed by atoms with Crippen molar-refractivity contribution < 1.29 is 9.32 Å². The largest absolute Gasteiger partial charge is 0.361 e. The minimum absolute atomic E-state index is 0.261. The third kappa shape index (κ3) is 3.37. The highest BCUT2D eigenvalue weighted by Gasteiger charge is 2.22. The van der Waals surface area contributed by atoms with Gasteiger partial charge in [0.05, 0.1) is 23.0 Å². The zero-order valence-electron chi connectivity index (χ0n) is 15.3. The molecule has 0 radical (unpaired) electrons. The lowest BCUT2D eigenvalue weighted by Gasteiger charge is -2.09. The number of benzene rings is 1. The third-order valence-electron chi connectivity index (χ3n) is 4.45. The molecule has 26 heavy (non-hydrogen) atoms. The van der Waals surface area contributed by atoms with Gasteiger partial charge in [0, 0.05) is 11.3 Å². The highest BCUT2D eigenvalue weighted by molar-refractivity contribution is 6.31. The number of carbonyl (C=O) groups excluding carboxylic acids is 1. The van der Waals surface area contributed by atoms with E-state index in [0.29, 0.717) is 22.9 Å². The molecule has 1 aromatic carbocycles. The molecule has 2 heterocycles. The number of carbonyl (C=O) groups is 1. The van der Waals surface area contributed by atoms with Crippen LogP contribution in [0.4, 0.5) is 5.69 Å². The van der Waals surface area contributed by atoms with E-state index in [-0.39, 0.29) is 11.6 Å². The molecule has 0 saturated heterocycles. The summed E-state index contributed by atoms with van der Waals surface area (Å²) < 4.78 is 7.03. The Morgan fingerprint density at radius 1 is 1.27 bits per heavy atom. The quantitative estimate of drug-likeness (QED) is 0.724. The summed E-state index contributed by atoms with van der Waals surface area (Å²) in [4.78, 5) is 12.8. The van der Waals surface area contributed by atoms with E-state index in [0.717, 1.165) is 29.1 Å². The Balaban J connectivity index is 1.89. The van der Waals surface area contributed by atoms with Gasteiger partial charge in [-0.3, -0.25) is 9.48 Å². The molecule has 0 aliphatic carbocycles. The molecule has 0 unspecified atom stereocenters. The Bertz CT molecular complexity index is 959. The van der Waals surface area contributed by atoms with Crippen LogP contribution in [0.5, 0.6) is 0 Å². The maximum absolute atomic E-state index is 12.8. The lowest BCUT2D eigenvalue weighted by atomic mass is 10.1. The summed E-state index contributed by atoms with van der Waals surface area (Å²) in [6.07, 6.45) is 0.825. The third-order valence-corrected chi connectivity index (χ3v) is 4.99. The number of nitrogens with zero attached hydrogens (tertiary/aromatic N) is 3. The van der Waals surface area contributed by atoms with E-state index in [1.165, 1.54) is 0 Å². The molecule has 7 heteroatoms. The van der Waals surface area contributed by atoms with Crippen molar-refractivity contribution >= 4 is 23.2 Å². The van der Waals surface area contributed by atoms with E-state index in [1.54, 1.807) is 11.6 Å². The average molecular weight is 373 g/mol. The predicted octanol–water partition coefficient (Wildman–Crippen LogP) is 4.31. The van der Waals surface area contributed by atoms with Crippen LogP contribution in [0.25, 0.3) is 0 Å². The van der Waals surface area contributed by atoms with Gasteiger partial charge in [0.25, 0.3) is 5.91 Å². The zero-order valence-corrected chi connectivity index (χ0v) is 16.0. The Labute approximate surface area is 157 Å². The second kappa shape index (κ2) is 7.33. The number of rotatable bonds is 5. The van der Waals surface area contributed by atoms with Gasteiger partial charge in [-0.1, -0.05) is 41.9 Å². The van der Waals surface area contributed by atoms with Gasteiger partial charge in [0.15, 0.2) is 5.69 Å². The van der Waals surface area contributed by atoms with Crippen LogP contribution < -0.4 is 5.32 Å². The van der Waals surface area contributed by atoms with Gasteiger partial charge in [-0.25, -0.2) is 0 Å². The van der Waals surface area contributed by atoms with Gasteiger partial charge in [-0.15, -0.1) is 0 Å². The van der Waals surface area contributed by atoms with Crippen molar-refractivity contribution in [1.82, 2.24) is 14.9 Å². The number of amides is 1. The summed E-state index contributed by atoms with van der Waals surface area (Å²) in [6.45, 7) is 7.94. The van der Waals surface area contributed by atoms with Crippen molar-refractivity contribution in [2.75, 3.05) is 5.32 Å². The lowest BCUT2D eigenvalue weighted by Crippen LogP contribution is -2.17. The summed E-state index contributed by atoms with van der Waals surface area (Å²) in [5, 5.41) is 11.9. The van der Waals surface area contributed by atoms with Gasteiger partial charge in [-0.2, -0.15) is 5.10 Å². The Kier molecular flexibility index (Phi) is 5.13. The summed E-state index contributed by atoms with van der Waals surface area (Å²) in [7, 11) is 0. The maximum atomic E-state index is 12.8. The van der Waals surface area contributed by atoms with Gasteiger partial charge in [-0.05, 0) is 38.8 Å². The summed E-state index contributed by atoms with van der Waals surface area (Å²) in [5.74, 6) is 0.285. The van der Waals surface area contributed by atoms with Crippen molar-refractivity contribution in [2.24, 2.45) is 0 Å². The Morgan fingerprint density at radius 2 is 2.00 bits per heavy atom. The minimum atomic E-state index is -0.301. The van der Waals surface area contributed by atoms with Gasteiger partial charge in [0.1, 0.15) is 5.76 Å². The van der Waals surface area contributed by atoms with Crippen molar-refractivity contribution in [3.8, 4) is 0 Å². The van der Waals surface area contributed by atoms with Crippen molar-refractivity contribution in [1.29, 1.82) is 0 Å². The molecule has 6 nitrogen and oxygen atoms in total. The molecule has 0 saturated carbocycles. The van der Waals surface area contributed by atoms with Crippen molar-refractivity contribution in [3.05, 3.63) is 63.3 Å². The number of hydrogen-bond acceptors (Lipinski definition) is 4. The van der Waals surface area contributed by atoms with Crippen LogP contribution in [0, 0.1) is 20.8 Å². The number of halogens is 1. The fourth-order valence-electron chi connectivity index (χ4n) is 2.87. The molecule has 3 rings (SSSR count). The fraction of sp³-hybridized carbons (Fsp3) is 0.316. The molecule has 0 aliphatic rings. The molecule has 0 aliphatic heterocycles. The summed E-state index contributed by atoms with van der Waals surface area (Å²) in [5.41, 5.74) is 4.39. The van der Waals surface area contributed by atoms with Crippen LogP contribution >= 0.6 is 11.6 Å². The number of hydrogen-bond donors (Lipinski definition) is 1. The van der Waals surface area contributed by atoms with Crippen LogP contribution in [-0.4, -0.2) is 20.8 Å². The predicted molar refractivity (Wildman–Crippen MR) is 101 cm³/mol. The minimum Gasteiger partial charge on any atom is -0.361 e. The SMILES string of the molecule is CCc1ccccc1NC(=O)c1noc(C)c1Cn1nc(C)c(Cl)c1C. The first-order chi connectivity index (χ1) is 12.4. The molecular weight excluding hydrogens is 352 g/mol. The first-order valence-corrected chi connectivity index (χ1v) is 8.84. The highest BCUT2D eigenvalue weighted by atomic mass is 35.5. The molecule has 136 valence electrons. The van der Waals surface area contributed by atoms with E-state index in [4.69, 9.17) is 16.1 Å². The first-order valence-electron chi connectivity index (χ1n) is 8.46. The van der Waals surface area contributed by atoms with Gasteiger partial charge in [0.2, 0.25) is 0 Å². The van der Waals surface area contributed by atoms with E-state index < -0.39 is 0 Å². The maximum Gasteiger partial charge on any atom is 0.278 e. The highest BCUT2D eigenvalue weighted by Crippen LogP contribution is 2.23. The Hall–Kier alpha value is -2.60. The molecule has 1 amide bonds. The second-order valence-electron chi connectivity index (χ2n) is 6.17. The van der Waals surface area contributed by atoms with E-state index in [2.05, 4.69) is 15.6 Å². The topological polar surface area (TPSA) is 73.0 Å². The van der Waals surface area contributed by atoms with Crippen LogP contribution in [-0.2, 0) is 13.0 Å². The number of nitrogens with one attached hydrogen (secondary N) is 1. The van der Waals surface area contributed by atoms with Crippen molar-refractivity contribution in [3.63, 3.8) is 0 Å². The second-order valence-corrected chi connectivity index (χ2v) is 6.55. The van der Waals surface area contributed by atoms with E-state index in [9.17, 15) is 4.79 Å². The summed E-state index contributed by atoms with van der Waals surface area (Å²) >= 11 is 6.22. The molecule has 0 atom stereocenters. The fourth-order valence-corrected chi connectivity index (χ4v) is 3.00. The van der Waals surface area contributed by atoms with Crippen LogP contribution in [0.15, 0.2) is 28.8 Å². The molecule has 0 fully saturated rings. The number of para-hydroxylation sites is 1. The molecule has 0 spiro atoms. The average Bonchev–Trinajstić information content (AvgIpc) is 3.11. The lowest BCUT2D eigenvalue weighted by molar-refractivity contribution is 0.101. The number of anilines is 1. The van der Waals surface area contributed by atoms with Crippen molar-refractivity contribution in [2.45, 2.75) is 40.7 Å². The van der Waals surface area contributed by atoms with Crippen LogP contribution in [0.1, 0.15) is 45.7 Å². The van der Waals surface area contributed by atoms with Crippen LogP contribution in [0.2, 0.25) is 5.02 Å². The summed E-state index contributed by atoms with van der Waals surface area (Å²) in [6, 6.07) is 7.71. The van der Waals surface area contributed by atoms with Crippen LogP contribution in [0.3, 0.4) is 0 Å². The molecule has 0 bridgehead atoms. The molecular formula is C19H21ClN4O2. The standard InChI is InChI=1S/C19H21ClN4O2/c1-5-14-8-6-7-9-16(14)21-19(25)18-15(13(4)26-23-18)10-24-12(3)17(20)11(2)22-24/h6-9H,5,10H2,1-4H3,(H,21,25).